The van der Waals surface area contributed by atoms with Crippen molar-refractivity contribution in [3.63, 3.8) is 0 Å². The molecule has 0 atom stereocenters. The molecule has 0 unspecified atom stereocenters. The third-order valence-corrected chi connectivity index (χ3v) is 13.7. The number of aryl methyl sites for hydroxylation is 1. The van der Waals surface area contributed by atoms with Crippen molar-refractivity contribution in [3.05, 3.63) is 191 Å². The van der Waals surface area contributed by atoms with Gasteiger partial charge in [-0.1, -0.05) is 153 Å². The van der Waals surface area contributed by atoms with Crippen molar-refractivity contribution in [2.75, 3.05) is 5.73 Å². The molecule has 0 saturated carbocycles. The summed E-state index contributed by atoms with van der Waals surface area (Å²) in [5.41, 5.74) is 17.9. The van der Waals surface area contributed by atoms with Crippen LogP contribution in [0.4, 0.5) is 5.69 Å². The predicted molar refractivity (Wildman–Crippen MR) is 250 cm³/mol. The molecule has 59 heavy (non-hydrogen) atoms. The molecule has 10 aromatic rings. The number of anilines is 1. The summed E-state index contributed by atoms with van der Waals surface area (Å²) in [7, 11) is 0. The molecule has 5 nitrogen and oxygen atoms in total. The van der Waals surface area contributed by atoms with E-state index < -0.39 is 0 Å². The summed E-state index contributed by atoms with van der Waals surface area (Å²) < 4.78 is 3.66. The van der Waals surface area contributed by atoms with Gasteiger partial charge in [0.2, 0.25) is 0 Å². The molecule has 0 saturated heterocycles. The zero-order valence-electron chi connectivity index (χ0n) is 32.8. The van der Waals surface area contributed by atoms with Crippen LogP contribution in [0.15, 0.2) is 164 Å². The van der Waals surface area contributed by atoms with Crippen LogP contribution in [0.3, 0.4) is 0 Å². The van der Waals surface area contributed by atoms with Crippen LogP contribution >= 0.6 is 22.7 Å². The van der Waals surface area contributed by atoms with Crippen LogP contribution in [0.1, 0.15) is 41.0 Å². The van der Waals surface area contributed by atoms with Gasteiger partial charge < -0.3 is 5.73 Å². The van der Waals surface area contributed by atoms with E-state index in [1.165, 1.54) is 48.0 Å². The first kappa shape index (κ1) is 36.5. The molecule has 0 fully saturated rings. The van der Waals surface area contributed by atoms with E-state index in [0.717, 1.165) is 37.2 Å². The highest BCUT2D eigenvalue weighted by atomic mass is 32.1. The summed E-state index contributed by atoms with van der Waals surface area (Å²) in [6.07, 6.45) is 0. The first-order valence-electron chi connectivity index (χ1n) is 19.6. The van der Waals surface area contributed by atoms with Crippen LogP contribution in [-0.4, -0.2) is 20.7 Å². The van der Waals surface area contributed by atoms with Crippen molar-refractivity contribution in [1.82, 2.24) is 15.0 Å². The highest BCUT2D eigenvalue weighted by molar-refractivity contribution is 7.26. The number of nitrogens with one attached hydrogen (secondary N) is 1. The summed E-state index contributed by atoms with van der Waals surface area (Å²) in [4.78, 5) is 15.6. The van der Waals surface area contributed by atoms with Gasteiger partial charge in [0, 0.05) is 57.9 Å². The van der Waals surface area contributed by atoms with E-state index in [4.69, 9.17) is 26.1 Å². The van der Waals surface area contributed by atoms with Crippen molar-refractivity contribution < 1.29 is 0 Å². The minimum atomic E-state index is -0.0616. The molecule has 0 bridgehead atoms. The van der Waals surface area contributed by atoms with Gasteiger partial charge in [0.15, 0.2) is 17.5 Å². The number of nitrogens with zero attached hydrogens (tertiary/aromatic N) is 3. The lowest BCUT2D eigenvalue weighted by Gasteiger charge is -2.22. The van der Waals surface area contributed by atoms with E-state index in [2.05, 4.69) is 106 Å². The molecule has 0 spiro atoms. The molecule has 0 amide bonds. The molecule has 1 aliphatic carbocycles. The summed E-state index contributed by atoms with van der Waals surface area (Å²) >= 11 is 3.41. The monoisotopic (exact) mass is 797 g/mol. The third-order valence-electron chi connectivity index (χ3n) is 11.4. The van der Waals surface area contributed by atoms with Crippen LogP contribution in [0.25, 0.3) is 75.5 Å². The van der Waals surface area contributed by atoms with Crippen molar-refractivity contribution in [2.45, 2.75) is 26.2 Å². The Hall–Kier alpha value is -6.80. The standard InChI is InChI=1S/C28H19N3S.C24H20N2S/c1-18-10-8-16-22-24(18)25-21(15-9-17-23(25)32-22)28-30-26(19-11-4-2-5-12-19)29-27(31-28)20-13-6-3-7-14-20;1-24(2)18-9-5-3-7-15(18)16-12-11-14(13-19(16)24)21(25)23-22(26)17-8-4-6-10-20(17)27-23/h2-17H,1H3;3-13,25H,26H2,1-2H3. The Kier molecular flexibility index (Phi) is 9.00. The molecule has 1 aliphatic rings. The van der Waals surface area contributed by atoms with Gasteiger partial charge in [-0.15, -0.1) is 22.7 Å². The number of nitrogens with two attached hydrogens (primary N) is 1. The molecule has 0 aliphatic heterocycles. The second-order valence-electron chi connectivity index (χ2n) is 15.4. The number of hydrogen-bond donors (Lipinski definition) is 2. The molecule has 3 heterocycles. The smallest absolute Gasteiger partial charge is 0.164 e. The fraction of sp³-hybridized carbons (Fsp3) is 0.0769. The SMILES string of the molecule is CC1(C)c2ccccc2-c2ccc(C(=N)c3sc4ccccc4c3N)cc21.Cc1cccc2sc3cccc(-c4nc(-c5ccccc5)nc(-c5ccccc5)n4)c3c12. The minimum Gasteiger partial charge on any atom is -0.397 e. The molecule has 284 valence electrons. The van der Waals surface area contributed by atoms with E-state index in [-0.39, 0.29) is 5.41 Å². The molecular formula is C52H39N5S2. The Labute approximate surface area is 351 Å². The lowest BCUT2D eigenvalue weighted by Crippen LogP contribution is -2.15. The molecule has 7 heteroatoms. The van der Waals surface area contributed by atoms with Gasteiger partial charge >= 0.3 is 0 Å². The van der Waals surface area contributed by atoms with E-state index in [1.54, 1.807) is 11.3 Å². The van der Waals surface area contributed by atoms with Gasteiger partial charge in [-0.3, -0.25) is 5.41 Å². The maximum absolute atomic E-state index is 8.83. The Morgan fingerprint density at radius 1 is 0.525 bits per heavy atom. The van der Waals surface area contributed by atoms with Crippen LogP contribution < -0.4 is 5.73 Å². The average molecular weight is 798 g/mol. The van der Waals surface area contributed by atoms with Crippen LogP contribution in [-0.2, 0) is 5.41 Å². The number of hydrogen-bond acceptors (Lipinski definition) is 7. The van der Waals surface area contributed by atoms with E-state index in [9.17, 15) is 0 Å². The zero-order chi connectivity index (χ0) is 40.3. The van der Waals surface area contributed by atoms with Crippen molar-refractivity contribution in [2.24, 2.45) is 0 Å². The molecule has 3 aromatic heterocycles. The minimum absolute atomic E-state index is 0.0616. The van der Waals surface area contributed by atoms with Crippen LogP contribution in [0.2, 0.25) is 0 Å². The lowest BCUT2D eigenvalue weighted by molar-refractivity contribution is 0.660. The fourth-order valence-corrected chi connectivity index (χ4v) is 10.7. The first-order valence-corrected chi connectivity index (χ1v) is 21.3. The molecule has 7 aromatic carbocycles. The third kappa shape index (κ3) is 6.31. The van der Waals surface area contributed by atoms with E-state index in [0.29, 0.717) is 28.9 Å². The van der Waals surface area contributed by atoms with E-state index in [1.807, 2.05) is 90.2 Å². The van der Waals surface area contributed by atoms with Gasteiger partial charge in [0.05, 0.1) is 16.3 Å². The lowest BCUT2D eigenvalue weighted by atomic mass is 9.81. The van der Waals surface area contributed by atoms with Gasteiger partial charge in [-0.2, -0.15) is 0 Å². The number of aromatic nitrogens is 3. The predicted octanol–water partition coefficient (Wildman–Crippen LogP) is 13.8. The van der Waals surface area contributed by atoms with Gasteiger partial charge in [0.25, 0.3) is 0 Å². The maximum atomic E-state index is 8.83. The maximum Gasteiger partial charge on any atom is 0.164 e. The Morgan fingerprint density at radius 2 is 1.08 bits per heavy atom. The largest absolute Gasteiger partial charge is 0.397 e. The Bertz CT molecular complexity index is 3180. The number of fused-ring (bicyclic) bond motifs is 7. The first-order chi connectivity index (χ1) is 28.8. The molecular weight excluding hydrogens is 759 g/mol. The van der Waals surface area contributed by atoms with Gasteiger partial charge in [-0.05, 0) is 59.0 Å². The Morgan fingerprint density at radius 3 is 1.80 bits per heavy atom. The number of benzene rings is 7. The van der Waals surface area contributed by atoms with Crippen molar-refractivity contribution in [3.8, 4) is 45.3 Å². The zero-order valence-corrected chi connectivity index (χ0v) is 34.5. The van der Waals surface area contributed by atoms with Crippen molar-refractivity contribution in [1.29, 1.82) is 5.41 Å². The van der Waals surface area contributed by atoms with Crippen LogP contribution in [0, 0.1) is 12.3 Å². The van der Waals surface area contributed by atoms with Gasteiger partial charge in [0.1, 0.15) is 0 Å². The number of nitrogen functional groups attached to an aromatic ring is 1. The second-order valence-corrected chi connectivity index (χ2v) is 17.6. The summed E-state index contributed by atoms with van der Waals surface area (Å²) in [6, 6.07) is 56.2. The number of rotatable bonds is 5. The normalized spacial score (nSPS) is 12.6. The average Bonchev–Trinajstić information content (AvgIpc) is 3.91. The highest BCUT2D eigenvalue weighted by Gasteiger charge is 2.35. The van der Waals surface area contributed by atoms with E-state index >= 15 is 0 Å². The second kappa shape index (κ2) is 14.5. The molecule has 11 rings (SSSR count). The van der Waals surface area contributed by atoms with Crippen LogP contribution in [0.5, 0.6) is 0 Å². The van der Waals surface area contributed by atoms with Gasteiger partial charge in [-0.25, -0.2) is 15.0 Å². The molecule has 0 radical (unpaired) electrons. The quantitative estimate of drug-likeness (QED) is 0.170. The topological polar surface area (TPSA) is 88.5 Å². The Balaban J connectivity index is 0.000000145. The summed E-state index contributed by atoms with van der Waals surface area (Å²) in [5.74, 6) is 2.07. The summed E-state index contributed by atoms with van der Waals surface area (Å²) in [5, 5.41) is 12.4. The fourth-order valence-electron chi connectivity index (χ4n) is 8.40. The number of thiophene rings is 2. The molecule has 3 N–H and O–H groups in total. The highest BCUT2D eigenvalue weighted by Crippen LogP contribution is 2.49. The van der Waals surface area contributed by atoms with Crippen molar-refractivity contribution >= 4 is 64.3 Å². The summed E-state index contributed by atoms with van der Waals surface area (Å²) in [6.45, 7) is 6.70.